The van der Waals surface area contributed by atoms with Crippen molar-refractivity contribution in [1.82, 2.24) is 9.88 Å². The van der Waals surface area contributed by atoms with E-state index in [1.165, 1.54) is 0 Å². The van der Waals surface area contributed by atoms with E-state index in [-0.39, 0.29) is 11.3 Å². The minimum atomic E-state index is -1.23. The summed E-state index contributed by atoms with van der Waals surface area (Å²) in [5.74, 6) is -2.27. The zero-order chi connectivity index (χ0) is 22.2. The number of carbonyl (C=O) groups is 3. The minimum absolute atomic E-state index is 0.274. The van der Waals surface area contributed by atoms with E-state index in [0.717, 1.165) is 30.4 Å². The lowest BCUT2D eigenvalue weighted by molar-refractivity contribution is -0.137. The molecule has 1 aromatic heterocycles. The van der Waals surface area contributed by atoms with Crippen LogP contribution in [0.15, 0.2) is 47.9 Å². The predicted octanol–water partition coefficient (Wildman–Crippen LogP) is 3.03. The Hall–Kier alpha value is -3.55. The molecular weight excluding hydrogens is 400 g/mol. The summed E-state index contributed by atoms with van der Waals surface area (Å²) in [6.07, 6.45) is 5.72. The predicted molar refractivity (Wildman–Crippen MR) is 112 cm³/mol. The Morgan fingerprint density at radius 2 is 1.81 bits per heavy atom. The molecule has 1 fully saturated rings. The SMILES string of the molecule is COc1ccc(-c2cc3n(c2)C2(CCCCC2)C(O)=C(C(=O)NCC(=O)O)C3=O)cc1. The van der Waals surface area contributed by atoms with Crippen molar-refractivity contribution < 1.29 is 29.3 Å². The van der Waals surface area contributed by atoms with Gasteiger partial charge < -0.3 is 24.8 Å². The summed E-state index contributed by atoms with van der Waals surface area (Å²) in [6, 6.07) is 9.13. The normalized spacial score (nSPS) is 17.4. The van der Waals surface area contributed by atoms with Crippen LogP contribution < -0.4 is 10.1 Å². The van der Waals surface area contributed by atoms with E-state index in [1.807, 2.05) is 30.5 Å². The fourth-order valence-electron chi connectivity index (χ4n) is 4.58. The highest BCUT2D eigenvalue weighted by molar-refractivity contribution is 6.26. The molecule has 1 aliphatic heterocycles. The summed E-state index contributed by atoms with van der Waals surface area (Å²) < 4.78 is 7.01. The number of carboxylic acids is 1. The van der Waals surface area contributed by atoms with E-state index in [1.54, 1.807) is 17.7 Å². The van der Waals surface area contributed by atoms with Gasteiger partial charge in [-0.15, -0.1) is 0 Å². The zero-order valence-corrected chi connectivity index (χ0v) is 17.2. The molecule has 0 unspecified atom stereocenters. The van der Waals surface area contributed by atoms with Crippen LogP contribution in [-0.2, 0) is 15.1 Å². The molecule has 0 bridgehead atoms. The zero-order valence-electron chi connectivity index (χ0n) is 17.2. The van der Waals surface area contributed by atoms with Gasteiger partial charge in [-0.05, 0) is 36.6 Å². The Labute approximate surface area is 179 Å². The molecule has 8 heteroatoms. The molecule has 0 atom stereocenters. The molecule has 1 amide bonds. The van der Waals surface area contributed by atoms with Gasteiger partial charge in [0.25, 0.3) is 5.91 Å². The number of hydrogen-bond acceptors (Lipinski definition) is 5. The first-order chi connectivity index (χ1) is 14.9. The van der Waals surface area contributed by atoms with E-state index in [2.05, 4.69) is 5.32 Å². The highest BCUT2D eigenvalue weighted by Crippen LogP contribution is 2.46. The number of carboxylic acid groups (broad SMARTS) is 1. The first-order valence-electron chi connectivity index (χ1n) is 10.2. The number of aliphatic carboxylic acids is 1. The van der Waals surface area contributed by atoms with E-state index in [0.29, 0.717) is 24.3 Å². The number of carbonyl (C=O) groups excluding carboxylic acids is 2. The third kappa shape index (κ3) is 3.48. The maximum absolute atomic E-state index is 13.2. The second-order valence-electron chi connectivity index (χ2n) is 7.93. The molecule has 2 aliphatic rings. The number of nitrogens with zero attached hydrogens (tertiary/aromatic N) is 1. The second-order valence-corrected chi connectivity index (χ2v) is 7.93. The van der Waals surface area contributed by atoms with Gasteiger partial charge in [0, 0.05) is 11.8 Å². The van der Waals surface area contributed by atoms with Gasteiger partial charge in [-0.25, -0.2) is 0 Å². The number of nitrogens with one attached hydrogen (secondary N) is 1. The van der Waals surface area contributed by atoms with Gasteiger partial charge in [-0.3, -0.25) is 14.4 Å². The largest absolute Gasteiger partial charge is 0.509 e. The summed E-state index contributed by atoms with van der Waals surface area (Å²) in [5.41, 5.74) is 0.719. The molecule has 1 spiro atoms. The number of benzene rings is 1. The summed E-state index contributed by atoms with van der Waals surface area (Å²) in [4.78, 5) is 36.7. The van der Waals surface area contributed by atoms with Crippen LogP contribution in [0.25, 0.3) is 11.1 Å². The fourth-order valence-corrected chi connectivity index (χ4v) is 4.58. The van der Waals surface area contributed by atoms with Gasteiger partial charge in [0.15, 0.2) is 0 Å². The van der Waals surface area contributed by atoms with Crippen molar-refractivity contribution in [2.24, 2.45) is 0 Å². The molecule has 1 aliphatic carbocycles. The molecule has 8 nitrogen and oxygen atoms in total. The standard InChI is InChI=1S/C23H24N2O6/c1-31-16-7-5-14(6-8-16)15-11-17-20(28)19(22(30)24-12-18(26)27)21(29)23(25(17)13-15)9-3-2-4-10-23/h5-8,11,13,29H,2-4,9-10,12H2,1H3,(H,24,30)(H,26,27). The Kier molecular flexibility index (Phi) is 5.31. The van der Waals surface area contributed by atoms with E-state index in [9.17, 15) is 19.5 Å². The third-order valence-corrected chi connectivity index (χ3v) is 6.15. The molecular formula is C23H24N2O6. The number of Topliss-reactive ketones (excluding diaryl/α,β-unsaturated/α-hetero) is 1. The molecule has 1 saturated carbocycles. The minimum Gasteiger partial charge on any atom is -0.509 e. The van der Waals surface area contributed by atoms with Crippen molar-refractivity contribution in [3.05, 3.63) is 53.6 Å². The fraction of sp³-hybridized carbons (Fsp3) is 0.348. The Morgan fingerprint density at radius 1 is 1.13 bits per heavy atom. The highest BCUT2D eigenvalue weighted by atomic mass is 16.5. The summed E-state index contributed by atoms with van der Waals surface area (Å²) >= 11 is 0. The summed E-state index contributed by atoms with van der Waals surface area (Å²) in [5, 5.41) is 22.2. The number of aromatic nitrogens is 1. The summed E-state index contributed by atoms with van der Waals surface area (Å²) in [7, 11) is 1.59. The van der Waals surface area contributed by atoms with Gasteiger partial charge >= 0.3 is 5.97 Å². The van der Waals surface area contributed by atoms with Crippen molar-refractivity contribution in [2.45, 2.75) is 37.6 Å². The second kappa shape index (κ2) is 7.94. The Balaban J connectivity index is 1.81. The van der Waals surface area contributed by atoms with Crippen molar-refractivity contribution in [3.63, 3.8) is 0 Å². The highest BCUT2D eigenvalue weighted by Gasteiger charge is 2.48. The number of rotatable bonds is 5. The van der Waals surface area contributed by atoms with Crippen molar-refractivity contribution in [1.29, 1.82) is 0 Å². The number of methoxy groups -OCH3 is 1. The molecule has 0 saturated heterocycles. The molecule has 2 aromatic rings. The maximum atomic E-state index is 13.2. The van der Waals surface area contributed by atoms with Crippen LogP contribution in [0.5, 0.6) is 5.75 Å². The molecule has 0 radical (unpaired) electrons. The molecule has 3 N–H and O–H groups in total. The smallest absolute Gasteiger partial charge is 0.322 e. The lowest BCUT2D eigenvalue weighted by Crippen LogP contribution is -2.46. The monoisotopic (exact) mass is 424 g/mol. The van der Waals surface area contributed by atoms with Crippen LogP contribution in [0.2, 0.25) is 0 Å². The van der Waals surface area contributed by atoms with Gasteiger partial charge in [0.1, 0.15) is 29.2 Å². The van der Waals surface area contributed by atoms with Gasteiger partial charge in [-0.2, -0.15) is 0 Å². The Morgan fingerprint density at radius 3 is 2.42 bits per heavy atom. The number of aliphatic hydroxyl groups is 1. The molecule has 4 rings (SSSR count). The number of aliphatic hydroxyl groups excluding tert-OH is 1. The maximum Gasteiger partial charge on any atom is 0.322 e. The average Bonchev–Trinajstić information content (AvgIpc) is 3.24. The van der Waals surface area contributed by atoms with Gasteiger partial charge in [-0.1, -0.05) is 31.4 Å². The van der Waals surface area contributed by atoms with Crippen LogP contribution in [0, 0.1) is 0 Å². The lowest BCUT2D eigenvalue weighted by atomic mass is 9.75. The molecule has 1 aromatic carbocycles. The van der Waals surface area contributed by atoms with Crippen molar-refractivity contribution in [2.75, 3.05) is 13.7 Å². The number of amides is 1. The topological polar surface area (TPSA) is 118 Å². The Bertz CT molecular complexity index is 1070. The summed E-state index contributed by atoms with van der Waals surface area (Å²) in [6.45, 7) is -0.631. The van der Waals surface area contributed by atoms with Crippen LogP contribution in [0.4, 0.5) is 0 Å². The average molecular weight is 424 g/mol. The van der Waals surface area contributed by atoms with Crippen LogP contribution in [0.1, 0.15) is 42.6 Å². The van der Waals surface area contributed by atoms with E-state index < -0.39 is 29.7 Å². The van der Waals surface area contributed by atoms with Gasteiger partial charge in [0.2, 0.25) is 5.78 Å². The van der Waals surface area contributed by atoms with E-state index in [4.69, 9.17) is 9.84 Å². The number of hydrogen-bond donors (Lipinski definition) is 3. The lowest BCUT2D eigenvalue weighted by Gasteiger charge is -2.42. The first kappa shape index (κ1) is 20.7. The molecule has 162 valence electrons. The van der Waals surface area contributed by atoms with Crippen LogP contribution in [-0.4, -0.2) is 46.1 Å². The quantitative estimate of drug-likeness (QED) is 0.635. The molecule has 2 heterocycles. The number of ketones is 1. The van der Waals surface area contributed by atoms with Crippen LogP contribution >= 0.6 is 0 Å². The van der Waals surface area contributed by atoms with Crippen LogP contribution in [0.3, 0.4) is 0 Å². The van der Waals surface area contributed by atoms with Crippen molar-refractivity contribution in [3.8, 4) is 16.9 Å². The third-order valence-electron chi connectivity index (χ3n) is 6.15. The first-order valence-corrected chi connectivity index (χ1v) is 10.2. The number of ether oxygens (including phenoxy) is 1. The van der Waals surface area contributed by atoms with Gasteiger partial charge in [0.05, 0.1) is 12.8 Å². The number of fused-ring (bicyclic) bond motifs is 2. The molecule has 31 heavy (non-hydrogen) atoms. The van der Waals surface area contributed by atoms with E-state index >= 15 is 0 Å². The number of allylic oxidation sites excluding steroid dienone is 1. The van der Waals surface area contributed by atoms with Crippen molar-refractivity contribution >= 4 is 17.7 Å².